The van der Waals surface area contributed by atoms with Crippen LogP contribution < -0.4 is 10.6 Å². The Labute approximate surface area is 192 Å². The lowest BCUT2D eigenvalue weighted by Crippen LogP contribution is -2.40. The highest BCUT2D eigenvalue weighted by Crippen LogP contribution is 2.34. The second kappa shape index (κ2) is 9.97. The molecule has 0 radical (unpaired) electrons. The summed E-state index contributed by atoms with van der Waals surface area (Å²) >= 11 is 0. The number of carbonyl (C=O) groups is 2. The van der Waals surface area contributed by atoms with Gasteiger partial charge in [-0.1, -0.05) is 30.1 Å². The molecule has 1 unspecified atom stereocenters. The minimum Gasteiger partial charge on any atom is -0.364 e. The van der Waals surface area contributed by atoms with E-state index < -0.39 is 0 Å². The quantitative estimate of drug-likeness (QED) is 0.553. The Morgan fingerprint density at radius 1 is 1.15 bits per heavy atom. The zero-order chi connectivity index (χ0) is 23.4. The average Bonchev–Trinajstić information content (AvgIpc) is 3.46. The van der Waals surface area contributed by atoms with Gasteiger partial charge >= 0.3 is 0 Å². The van der Waals surface area contributed by atoms with E-state index in [1.807, 2.05) is 19.9 Å². The zero-order valence-corrected chi connectivity index (χ0v) is 19.1. The van der Waals surface area contributed by atoms with Gasteiger partial charge in [-0.15, -0.1) is 0 Å². The minimum absolute atomic E-state index is 0.141. The Bertz CT molecular complexity index is 1060. The van der Waals surface area contributed by atoms with E-state index in [0.717, 1.165) is 48.3 Å². The first-order chi connectivity index (χ1) is 15.9. The molecule has 0 aromatic carbocycles. The van der Waals surface area contributed by atoms with Crippen molar-refractivity contribution in [3.63, 3.8) is 0 Å². The fraction of sp³-hybridized carbons (Fsp3) is 0.458. The number of carbonyl (C=O) groups excluding carboxylic acids is 2. The molecule has 4 rings (SSSR count). The van der Waals surface area contributed by atoms with Gasteiger partial charge in [0.15, 0.2) is 0 Å². The number of pyridine rings is 1. The van der Waals surface area contributed by atoms with E-state index in [1.165, 1.54) is 12.5 Å². The molecular weight excluding hydrogens is 422 g/mol. The van der Waals surface area contributed by atoms with Crippen LogP contribution in [0.4, 0.5) is 5.82 Å². The molecular formula is C24H29N5O4. The lowest BCUT2D eigenvalue weighted by Gasteiger charge is -2.32. The van der Waals surface area contributed by atoms with Crippen LogP contribution in [-0.4, -0.2) is 33.7 Å². The third-order valence-electron chi connectivity index (χ3n) is 6.48. The second-order valence-corrected chi connectivity index (χ2v) is 8.87. The van der Waals surface area contributed by atoms with Crippen molar-refractivity contribution in [1.82, 2.24) is 20.6 Å². The van der Waals surface area contributed by atoms with Crippen LogP contribution in [0.1, 0.15) is 54.4 Å². The molecule has 0 spiro atoms. The molecule has 9 nitrogen and oxygen atoms in total. The largest absolute Gasteiger partial charge is 0.364 e. The molecule has 33 heavy (non-hydrogen) atoms. The molecule has 174 valence electrons. The topological polar surface area (TPSA) is 123 Å². The highest BCUT2D eigenvalue weighted by Gasteiger charge is 2.32. The fourth-order valence-corrected chi connectivity index (χ4v) is 4.51. The van der Waals surface area contributed by atoms with Gasteiger partial charge in [-0.3, -0.25) is 9.59 Å². The summed E-state index contributed by atoms with van der Waals surface area (Å²) in [6, 6.07) is 3.66. The molecule has 1 aliphatic carbocycles. The van der Waals surface area contributed by atoms with Crippen molar-refractivity contribution in [3.05, 3.63) is 47.8 Å². The average molecular weight is 452 g/mol. The maximum absolute atomic E-state index is 13.3. The number of rotatable bonds is 7. The van der Waals surface area contributed by atoms with Crippen molar-refractivity contribution >= 4 is 17.6 Å². The first kappa shape index (κ1) is 22.7. The third kappa shape index (κ3) is 5.30. The third-order valence-corrected chi connectivity index (χ3v) is 6.48. The Morgan fingerprint density at radius 3 is 2.55 bits per heavy atom. The van der Waals surface area contributed by atoms with Crippen LogP contribution in [-0.2, 0) is 4.79 Å². The highest BCUT2D eigenvalue weighted by atomic mass is 16.5. The monoisotopic (exact) mass is 451 g/mol. The second-order valence-electron chi connectivity index (χ2n) is 8.87. The summed E-state index contributed by atoms with van der Waals surface area (Å²) in [5, 5.41) is 13.3. The molecule has 3 heterocycles. The SMILES string of the molecule is Cc1noc(C)c1-c1ccc(NC(=O)C(CNC(=O)c2cnoc2)C2CCC(C)CC2)nc1. The van der Waals surface area contributed by atoms with Crippen molar-refractivity contribution in [1.29, 1.82) is 0 Å². The van der Waals surface area contributed by atoms with Gasteiger partial charge in [0.1, 0.15) is 17.8 Å². The van der Waals surface area contributed by atoms with E-state index in [1.54, 1.807) is 12.3 Å². The van der Waals surface area contributed by atoms with Crippen molar-refractivity contribution in [2.45, 2.75) is 46.5 Å². The predicted molar refractivity (Wildman–Crippen MR) is 121 cm³/mol. The summed E-state index contributed by atoms with van der Waals surface area (Å²) in [4.78, 5) is 30.0. The molecule has 1 fully saturated rings. The summed E-state index contributed by atoms with van der Waals surface area (Å²) in [7, 11) is 0. The molecule has 1 saturated carbocycles. The van der Waals surface area contributed by atoms with Crippen LogP contribution >= 0.6 is 0 Å². The first-order valence-corrected chi connectivity index (χ1v) is 11.3. The normalized spacial score (nSPS) is 19.1. The molecule has 0 bridgehead atoms. The van der Waals surface area contributed by atoms with Crippen molar-refractivity contribution in [2.75, 3.05) is 11.9 Å². The summed E-state index contributed by atoms with van der Waals surface area (Å²) in [5.74, 6) is 1.25. The number of aromatic nitrogens is 3. The number of anilines is 1. The maximum Gasteiger partial charge on any atom is 0.256 e. The minimum atomic E-state index is -0.356. The smallest absolute Gasteiger partial charge is 0.256 e. The van der Waals surface area contributed by atoms with Gasteiger partial charge in [0.25, 0.3) is 5.91 Å². The number of hydrogen-bond donors (Lipinski definition) is 2. The zero-order valence-electron chi connectivity index (χ0n) is 19.1. The number of nitrogens with zero attached hydrogens (tertiary/aromatic N) is 3. The van der Waals surface area contributed by atoms with Gasteiger partial charge in [0, 0.05) is 23.9 Å². The molecule has 3 aromatic heterocycles. The fourth-order valence-electron chi connectivity index (χ4n) is 4.51. The van der Waals surface area contributed by atoms with E-state index >= 15 is 0 Å². The van der Waals surface area contributed by atoms with Crippen LogP contribution in [0.3, 0.4) is 0 Å². The van der Waals surface area contributed by atoms with Crippen LogP contribution in [0, 0.1) is 31.6 Å². The van der Waals surface area contributed by atoms with Gasteiger partial charge in [-0.2, -0.15) is 0 Å². The lowest BCUT2D eigenvalue weighted by molar-refractivity contribution is -0.121. The lowest BCUT2D eigenvalue weighted by atomic mass is 9.76. The van der Waals surface area contributed by atoms with Crippen LogP contribution in [0.2, 0.25) is 0 Å². The summed E-state index contributed by atoms with van der Waals surface area (Å²) in [5.41, 5.74) is 2.92. The number of aryl methyl sites for hydroxylation is 2. The van der Waals surface area contributed by atoms with Gasteiger partial charge in [0.05, 0.1) is 23.4 Å². The van der Waals surface area contributed by atoms with Gasteiger partial charge in [0.2, 0.25) is 5.91 Å². The van der Waals surface area contributed by atoms with Crippen LogP contribution in [0.5, 0.6) is 0 Å². The molecule has 9 heteroatoms. The Kier molecular flexibility index (Phi) is 6.86. The van der Waals surface area contributed by atoms with E-state index in [-0.39, 0.29) is 30.2 Å². The van der Waals surface area contributed by atoms with Crippen LogP contribution in [0.15, 0.2) is 39.8 Å². The van der Waals surface area contributed by atoms with E-state index in [4.69, 9.17) is 9.05 Å². The summed E-state index contributed by atoms with van der Waals surface area (Å²) in [6.45, 7) is 6.22. The number of hydrogen-bond acceptors (Lipinski definition) is 7. The van der Waals surface area contributed by atoms with Gasteiger partial charge in [-0.05, 0) is 50.7 Å². The van der Waals surface area contributed by atoms with E-state index in [2.05, 4.69) is 32.9 Å². The maximum atomic E-state index is 13.3. The van der Waals surface area contributed by atoms with Crippen molar-refractivity contribution < 1.29 is 18.6 Å². The van der Waals surface area contributed by atoms with Crippen molar-refractivity contribution in [2.24, 2.45) is 17.8 Å². The standard InChI is InChI=1S/C24H29N5O4/c1-14-4-6-17(7-5-14)20(12-26-23(30)19-11-27-32-13-19)24(31)28-21-9-8-18(10-25-21)22-15(2)29-33-16(22)3/h8-11,13-14,17,20H,4-7,12H2,1-3H3,(H,26,30)(H,25,28,31). The Balaban J connectivity index is 1.45. The Morgan fingerprint density at radius 2 is 1.94 bits per heavy atom. The first-order valence-electron chi connectivity index (χ1n) is 11.3. The van der Waals surface area contributed by atoms with Crippen LogP contribution in [0.25, 0.3) is 11.1 Å². The molecule has 2 N–H and O–H groups in total. The Hall–Kier alpha value is -3.49. The molecule has 1 aliphatic rings. The predicted octanol–water partition coefficient (Wildman–Crippen LogP) is 4.15. The molecule has 2 amide bonds. The highest BCUT2D eigenvalue weighted by molar-refractivity contribution is 5.95. The van der Waals surface area contributed by atoms with E-state index in [0.29, 0.717) is 17.3 Å². The number of amides is 2. The molecule has 1 atom stereocenters. The number of nitrogens with one attached hydrogen (secondary N) is 2. The van der Waals surface area contributed by atoms with E-state index in [9.17, 15) is 9.59 Å². The van der Waals surface area contributed by atoms with Gasteiger partial charge in [-0.25, -0.2) is 4.98 Å². The van der Waals surface area contributed by atoms with Gasteiger partial charge < -0.3 is 19.7 Å². The summed E-state index contributed by atoms with van der Waals surface area (Å²) in [6.07, 6.45) is 8.43. The summed E-state index contributed by atoms with van der Waals surface area (Å²) < 4.78 is 9.97. The van der Waals surface area contributed by atoms with Crippen molar-refractivity contribution in [3.8, 4) is 11.1 Å². The molecule has 0 aliphatic heterocycles. The molecule has 0 saturated heterocycles. The molecule has 3 aromatic rings.